The number of para-hydroxylation sites is 1. The molecule has 0 radical (unpaired) electrons. The molecule has 2 heterocycles. The Balaban J connectivity index is 1.53. The topological polar surface area (TPSA) is 85.3 Å². The molecule has 10 heteroatoms. The van der Waals surface area contributed by atoms with Crippen molar-refractivity contribution < 1.29 is 22.7 Å². The van der Waals surface area contributed by atoms with Crippen LogP contribution in [0.4, 0.5) is 5.69 Å². The van der Waals surface area contributed by atoms with E-state index in [1.807, 2.05) is 49.4 Å². The number of amides is 1. The molecule has 2 fully saturated rings. The average Bonchev–Trinajstić information content (AvgIpc) is 3.31. The third kappa shape index (κ3) is 5.63. The Bertz CT molecular complexity index is 1490. The van der Waals surface area contributed by atoms with E-state index >= 15 is 0 Å². The summed E-state index contributed by atoms with van der Waals surface area (Å²) in [5, 5.41) is 0.635. The Hall–Kier alpha value is -3.01. The molecule has 0 bridgehead atoms. The minimum atomic E-state index is -3.24. The van der Waals surface area contributed by atoms with Crippen LogP contribution in [0.25, 0.3) is 0 Å². The largest absolute Gasteiger partial charge is 0.496 e. The SMILES string of the molecule is COc1ccccc1CC(=O)N=C1S[C@@H]2CS(=O)(=O)C[C@@H]2N1c1cc(Cl)ccc1Oc1cccc(C)c1. The van der Waals surface area contributed by atoms with Gasteiger partial charge in [0.05, 0.1) is 36.8 Å². The van der Waals surface area contributed by atoms with Gasteiger partial charge in [-0.05, 0) is 48.9 Å². The van der Waals surface area contributed by atoms with E-state index in [-0.39, 0.29) is 29.1 Å². The molecule has 2 saturated heterocycles. The third-order valence-corrected chi connectivity index (χ3v) is 9.66. The van der Waals surface area contributed by atoms with E-state index < -0.39 is 15.9 Å². The van der Waals surface area contributed by atoms with Crippen molar-refractivity contribution in [3.05, 3.63) is 82.9 Å². The second kappa shape index (κ2) is 10.4. The molecule has 37 heavy (non-hydrogen) atoms. The van der Waals surface area contributed by atoms with Gasteiger partial charge in [0.1, 0.15) is 11.5 Å². The van der Waals surface area contributed by atoms with Crippen molar-refractivity contribution in [1.82, 2.24) is 0 Å². The second-order valence-corrected chi connectivity index (χ2v) is 12.8. The van der Waals surface area contributed by atoms with Crippen LogP contribution < -0.4 is 14.4 Å². The monoisotopic (exact) mass is 556 g/mol. The van der Waals surface area contributed by atoms with Crippen molar-refractivity contribution in [2.45, 2.75) is 24.6 Å². The third-order valence-electron chi connectivity index (χ3n) is 6.22. The molecule has 5 rings (SSSR count). The number of nitrogens with zero attached hydrogens (tertiary/aromatic N) is 2. The first-order chi connectivity index (χ1) is 17.7. The van der Waals surface area contributed by atoms with Crippen molar-refractivity contribution in [3.8, 4) is 17.2 Å². The number of carbonyl (C=O) groups is 1. The zero-order chi connectivity index (χ0) is 26.2. The van der Waals surface area contributed by atoms with Crippen LogP contribution in [0.15, 0.2) is 71.7 Å². The predicted molar refractivity (Wildman–Crippen MR) is 148 cm³/mol. The first-order valence-electron chi connectivity index (χ1n) is 11.7. The maximum Gasteiger partial charge on any atom is 0.252 e. The quantitative estimate of drug-likeness (QED) is 0.407. The van der Waals surface area contributed by atoms with Crippen molar-refractivity contribution >= 4 is 50.0 Å². The van der Waals surface area contributed by atoms with Crippen molar-refractivity contribution in [3.63, 3.8) is 0 Å². The molecule has 3 aromatic carbocycles. The number of sulfone groups is 1. The average molecular weight is 557 g/mol. The summed E-state index contributed by atoms with van der Waals surface area (Å²) in [4.78, 5) is 19.3. The molecule has 1 amide bonds. The van der Waals surface area contributed by atoms with Crippen molar-refractivity contribution in [2.75, 3.05) is 23.5 Å². The standard InChI is InChI=1S/C27H25ClN2O5S2/c1-17-6-5-8-20(12-17)35-24-11-10-19(28)14-21(24)30-22-15-37(32,33)16-25(22)36-27(30)29-26(31)13-18-7-3-4-9-23(18)34-2/h3-12,14,22,25H,13,15-16H2,1-2H3/t22-,25+/m0/s1. The van der Waals surface area contributed by atoms with Crippen LogP contribution in [-0.4, -0.2) is 49.4 Å². The second-order valence-electron chi connectivity index (χ2n) is 8.98. The zero-order valence-corrected chi connectivity index (χ0v) is 22.6. The fourth-order valence-electron chi connectivity index (χ4n) is 4.58. The molecule has 192 valence electrons. The summed E-state index contributed by atoms with van der Waals surface area (Å²) in [6, 6.07) is 19.7. The van der Waals surface area contributed by atoms with E-state index in [0.29, 0.717) is 33.1 Å². The highest BCUT2D eigenvalue weighted by Crippen LogP contribution is 2.45. The summed E-state index contributed by atoms with van der Waals surface area (Å²) in [6.07, 6.45) is 0.0533. The number of amidine groups is 1. The Morgan fingerprint density at radius 2 is 1.89 bits per heavy atom. The van der Waals surface area contributed by atoms with Gasteiger partial charge in [0.15, 0.2) is 20.8 Å². The number of methoxy groups -OCH3 is 1. The van der Waals surface area contributed by atoms with E-state index in [9.17, 15) is 13.2 Å². The maximum absolute atomic E-state index is 13.1. The van der Waals surface area contributed by atoms with Gasteiger partial charge in [0, 0.05) is 15.8 Å². The van der Waals surface area contributed by atoms with Gasteiger partial charge in [-0.3, -0.25) is 4.79 Å². The van der Waals surface area contributed by atoms with Gasteiger partial charge < -0.3 is 14.4 Å². The fourth-order valence-corrected chi connectivity index (χ4v) is 8.67. The molecule has 7 nitrogen and oxygen atoms in total. The van der Waals surface area contributed by atoms with Crippen LogP contribution in [0.2, 0.25) is 5.02 Å². The summed E-state index contributed by atoms with van der Waals surface area (Å²) in [5.74, 6) is 1.36. The number of carbonyl (C=O) groups excluding carboxylic acids is 1. The summed E-state index contributed by atoms with van der Waals surface area (Å²) in [5.41, 5.74) is 2.33. The molecule has 0 saturated carbocycles. The summed E-state index contributed by atoms with van der Waals surface area (Å²) < 4.78 is 36.6. The molecule has 2 aliphatic heterocycles. The van der Waals surface area contributed by atoms with Gasteiger partial charge in [0.2, 0.25) is 0 Å². The number of fused-ring (bicyclic) bond motifs is 1. The van der Waals surface area contributed by atoms with Crippen LogP contribution in [0.1, 0.15) is 11.1 Å². The molecular formula is C27H25ClN2O5S2. The van der Waals surface area contributed by atoms with Gasteiger partial charge in [-0.25, -0.2) is 8.42 Å². The number of aliphatic imine (C=N–C) groups is 1. The Morgan fingerprint density at radius 1 is 1.08 bits per heavy atom. The first kappa shape index (κ1) is 25.6. The van der Waals surface area contributed by atoms with Crippen LogP contribution in [-0.2, 0) is 21.1 Å². The Morgan fingerprint density at radius 3 is 2.68 bits per heavy atom. The lowest BCUT2D eigenvalue weighted by atomic mass is 10.1. The number of benzene rings is 3. The normalized spacial score (nSPS) is 21.2. The lowest BCUT2D eigenvalue weighted by Gasteiger charge is -2.27. The van der Waals surface area contributed by atoms with Gasteiger partial charge in [-0.1, -0.05) is 53.7 Å². The number of anilines is 1. The van der Waals surface area contributed by atoms with Crippen LogP contribution >= 0.6 is 23.4 Å². The molecule has 3 aromatic rings. The predicted octanol–water partition coefficient (Wildman–Crippen LogP) is 5.29. The van der Waals surface area contributed by atoms with Crippen LogP contribution in [0.5, 0.6) is 17.2 Å². The highest BCUT2D eigenvalue weighted by molar-refractivity contribution is 8.16. The Kier molecular flexibility index (Phi) is 7.20. The molecule has 2 aliphatic rings. The maximum atomic E-state index is 13.1. The molecule has 0 N–H and O–H groups in total. The molecular weight excluding hydrogens is 532 g/mol. The van der Waals surface area contributed by atoms with Crippen molar-refractivity contribution in [1.29, 1.82) is 0 Å². The number of hydrogen-bond acceptors (Lipinski definition) is 6. The van der Waals surface area contributed by atoms with Crippen LogP contribution in [0, 0.1) is 6.92 Å². The van der Waals surface area contributed by atoms with E-state index in [4.69, 9.17) is 21.1 Å². The summed E-state index contributed by atoms with van der Waals surface area (Å²) in [6.45, 7) is 1.97. The summed E-state index contributed by atoms with van der Waals surface area (Å²) in [7, 11) is -1.68. The minimum absolute atomic E-state index is 0.0210. The summed E-state index contributed by atoms with van der Waals surface area (Å²) >= 11 is 7.69. The molecule has 2 atom stereocenters. The number of hydrogen-bond donors (Lipinski definition) is 0. The van der Waals surface area contributed by atoms with E-state index in [1.165, 1.54) is 11.8 Å². The number of aryl methyl sites for hydroxylation is 1. The lowest BCUT2D eigenvalue weighted by Crippen LogP contribution is -2.38. The highest BCUT2D eigenvalue weighted by Gasteiger charge is 2.50. The fraction of sp³-hybridized carbons (Fsp3) is 0.259. The molecule has 0 unspecified atom stereocenters. The number of rotatable bonds is 6. The van der Waals surface area contributed by atoms with E-state index in [0.717, 1.165) is 11.1 Å². The van der Waals surface area contributed by atoms with Gasteiger partial charge in [-0.15, -0.1) is 0 Å². The van der Waals surface area contributed by atoms with Crippen molar-refractivity contribution in [2.24, 2.45) is 4.99 Å². The minimum Gasteiger partial charge on any atom is -0.496 e. The van der Waals surface area contributed by atoms with Gasteiger partial charge in [-0.2, -0.15) is 4.99 Å². The molecule has 0 aliphatic carbocycles. The van der Waals surface area contributed by atoms with Gasteiger partial charge >= 0.3 is 0 Å². The number of thioether (sulfide) groups is 1. The van der Waals surface area contributed by atoms with E-state index in [2.05, 4.69) is 4.99 Å². The first-order valence-corrected chi connectivity index (χ1v) is 14.7. The molecule has 0 spiro atoms. The molecule has 0 aromatic heterocycles. The highest BCUT2D eigenvalue weighted by atomic mass is 35.5. The number of ether oxygens (including phenoxy) is 2. The van der Waals surface area contributed by atoms with E-state index in [1.54, 1.807) is 36.3 Å². The lowest BCUT2D eigenvalue weighted by molar-refractivity contribution is -0.117. The zero-order valence-electron chi connectivity index (χ0n) is 20.3. The van der Waals surface area contributed by atoms with Crippen LogP contribution in [0.3, 0.4) is 0 Å². The smallest absolute Gasteiger partial charge is 0.252 e. The number of halogens is 1. The Labute approximate surface area is 225 Å². The van der Waals surface area contributed by atoms with Gasteiger partial charge in [0.25, 0.3) is 5.91 Å².